The van der Waals surface area contributed by atoms with Gasteiger partial charge in [-0.2, -0.15) is 0 Å². The summed E-state index contributed by atoms with van der Waals surface area (Å²) < 4.78 is 0. The minimum atomic E-state index is 0.250. The minimum absolute atomic E-state index is 0.250. The molecule has 3 heteroatoms. The fraction of sp³-hybridized carbons (Fsp3) is 0.278. The van der Waals surface area contributed by atoms with Gasteiger partial charge in [-0.1, -0.05) is 42.5 Å². The number of carbonyl (C=O) groups is 1. The second-order valence-electron chi connectivity index (χ2n) is 5.30. The topological polar surface area (TPSA) is 40.5 Å². The van der Waals surface area contributed by atoms with Crippen molar-refractivity contribution in [3.8, 4) is 5.75 Å². The standard InChI is InChI=1S/C18H21NO2/c1-15(13-16-7-9-18(21)10-8-16)19(11-12-20)14-17-5-3-2-4-6-17/h2-10,12,15,21H,11,13-14H2,1H3. The second-order valence-corrected chi connectivity index (χ2v) is 5.30. The van der Waals surface area contributed by atoms with Crippen molar-refractivity contribution < 1.29 is 9.90 Å². The van der Waals surface area contributed by atoms with Crippen LogP contribution in [0.3, 0.4) is 0 Å². The van der Waals surface area contributed by atoms with Gasteiger partial charge in [-0.25, -0.2) is 0 Å². The van der Waals surface area contributed by atoms with Gasteiger partial charge in [0.15, 0.2) is 0 Å². The molecule has 0 bridgehead atoms. The van der Waals surface area contributed by atoms with E-state index in [1.807, 2.05) is 30.3 Å². The Hall–Kier alpha value is -2.13. The summed E-state index contributed by atoms with van der Waals surface area (Å²) in [5.74, 6) is 0.278. The van der Waals surface area contributed by atoms with Gasteiger partial charge in [0, 0.05) is 12.6 Å². The SMILES string of the molecule is CC(Cc1ccc(O)cc1)N(CC=O)Cc1ccccc1. The van der Waals surface area contributed by atoms with Crippen LogP contribution in [0.25, 0.3) is 0 Å². The number of hydrogen-bond donors (Lipinski definition) is 1. The number of phenolic OH excluding ortho intramolecular Hbond substituents is 1. The third kappa shape index (κ3) is 4.72. The van der Waals surface area contributed by atoms with Crippen LogP contribution in [0.1, 0.15) is 18.1 Å². The number of benzene rings is 2. The van der Waals surface area contributed by atoms with Gasteiger partial charge in [0.1, 0.15) is 12.0 Å². The molecule has 0 aliphatic carbocycles. The quantitative estimate of drug-likeness (QED) is 0.794. The number of aromatic hydroxyl groups is 1. The maximum atomic E-state index is 10.9. The van der Waals surface area contributed by atoms with Crippen LogP contribution in [0.15, 0.2) is 54.6 Å². The Morgan fingerprint density at radius 3 is 2.33 bits per heavy atom. The Labute approximate surface area is 125 Å². The van der Waals surface area contributed by atoms with Crippen LogP contribution >= 0.6 is 0 Å². The van der Waals surface area contributed by atoms with Gasteiger partial charge in [-0.3, -0.25) is 4.90 Å². The van der Waals surface area contributed by atoms with Gasteiger partial charge < -0.3 is 9.90 Å². The molecule has 21 heavy (non-hydrogen) atoms. The van der Waals surface area contributed by atoms with Gasteiger partial charge in [0.25, 0.3) is 0 Å². The summed E-state index contributed by atoms with van der Waals surface area (Å²) in [6, 6.07) is 17.7. The van der Waals surface area contributed by atoms with Crippen LogP contribution in [0.2, 0.25) is 0 Å². The molecule has 0 spiro atoms. The summed E-state index contributed by atoms with van der Waals surface area (Å²) in [5, 5.41) is 9.32. The highest BCUT2D eigenvalue weighted by Crippen LogP contribution is 2.15. The van der Waals surface area contributed by atoms with Gasteiger partial charge in [-0.15, -0.1) is 0 Å². The Bertz CT molecular complexity index is 551. The van der Waals surface area contributed by atoms with Crippen molar-refractivity contribution in [2.24, 2.45) is 0 Å². The van der Waals surface area contributed by atoms with E-state index in [1.54, 1.807) is 12.1 Å². The predicted octanol–water partition coefficient (Wildman–Crippen LogP) is 3.02. The lowest BCUT2D eigenvalue weighted by Gasteiger charge is -2.27. The fourth-order valence-corrected chi connectivity index (χ4v) is 2.42. The van der Waals surface area contributed by atoms with E-state index in [2.05, 4.69) is 24.0 Å². The van der Waals surface area contributed by atoms with E-state index >= 15 is 0 Å². The Morgan fingerprint density at radius 2 is 1.71 bits per heavy atom. The van der Waals surface area contributed by atoms with E-state index in [9.17, 15) is 9.90 Å². The molecule has 0 aliphatic rings. The number of rotatable bonds is 7. The van der Waals surface area contributed by atoms with Crippen LogP contribution in [0.5, 0.6) is 5.75 Å². The average Bonchev–Trinajstić information content (AvgIpc) is 2.50. The molecule has 2 aromatic carbocycles. The van der Waals surface area contributed by atoms with Crippen molar-refractivity contribution in [2.45, 2.75) is 25.9 Å². The third-order valence-corrected chi connectivity index (χ3v) is 3.63. The van der Waals surface area contributed by atoms with E-state index < -0.39 is 0 Å². The number of phenols is 1. The molecule has 0 saturated heterocycles. The van der Waals surface area contributed by atoms with Gasteiger partial charge >= 0.3 is 0 Å². The van der Waals surface area contributed by atoms with E-state index in [1.165, 1.54) is 5.56 Å². The monoisotopic (exact) mass is 283 g/mol. The van der Waals surface area contributed by atoms with E-state index in [0.29, 0.717) is 6.54 Å². The van der Waals surface area contributed by atoms with Crippen LogP contribution in [-0.2, 0) is 17.8 Å². The molecule has 0 aliphatic heterocycles. The van der Waals surface area contributed by atoms with E-state index in [4.69, 9.17) is 0 Å². The number of hydrogen-bond acceptors (Lipinski definition) is 3. The maximum absolute atomic E-state index is 10.9. The zero-order chi connectivity index (χ0) is 15.1. The first kappa shape index (κ1) is 15.3. The largest absolute Gasteiger partial charge is 0.508 e. The Balaban J connectivity index is 2.02. The summed E-state index contributed by atoms with van der Waals surface area (Å²) >= 11 is 0. The van der Waals surface area contributed by atoms with Crippen molar-refractivity contribution in [3.63, 3.8) is 0 Å². The van der Waals surface area contributed by atoms with Crippen LogP contribution < -0.4 is 0 Å². The van der Waals surface area contributed by atoms with Crippen molar-refractivity contribution in [3.05, 3.63) is 65.7 Å². The fourth-order valence-electron chi connectivity index (χ4n) is 2.42. The van der Waals surface area contributed by atoms with Crippen LogP contribution in [0, 0.1) is 0 Å². The molecule has 0 heterocycles. The molecular formula is C18H21NO2. The Morgan fingerprint density at radius 1 is 1.05 bits per heavy atom. The normalized spacial score (nSPS) is 12.3. The second kappa shape index (κ2) is 7.60. The van der Waals surface area contributed by atoms with Crippen molar-refractivity contribution in [1.82, 2.24) is 4.90 Å². The highest BCUT2D eigenvalue weighted by atomic mass is 16.3. The van der Waals surface area contributed by atoms with Crippen LogP contribution in [-0.4, -0.2) is 28.9 Å². The maximum Gasteiger partial charge on any atom is 0.134 e. The molecular weight excluding hydrogens is 262 g/mol. The smallest absolute Gasteiger partial charge is 0.134 e. The van der Waals surface area contributed by atoms with Crippen molar-refractivity contribution in [2.75, 3.05) is 6.54 Å². The van der Waals surface area contributed by atoms with Crippen molar-refractivity contribution >= 4 is 6.29 Å². The summed E-state index contributed by atoms with van der Waals surface area (Å²) in [5.41, 5.74) is 2.36. The molecule has 0 amide bonds. The molecule has 0 fully saturated rings. The summed E-state index contributed by atoms with van der Waals surface area (Å²) in [6.45, 7) is 3.31. The zero-order valence-electron chi connectivity index (χ0n) is 12.3. The molecule has 0 radical (unpaired) electrons. The average molecular weight is 283 g/mol. The summed E-state index contributed by atoms with van der Waals surface area (Å²) in [7, 11) is 0. The highest BCUT2D eigenvalue weighted by molar-refractivity contribution is 5.52. The van der Waals surface area contributed by atoms with Gasteiger partial charge in [0.2, 0.25) is 0 Å². The van der Waals surface area contributed by atoms with E-state index in [0.717, 1.165) is 24.8 Å². The highest BCUT2D eigenvalue weighted by Gasteiger charge is 2.14. The number of aldehydes is 1. The molecule has 3 nitrogen and oxygen atoms in total. The summed E-state index contributed by atoms with van der Waals surface area (Å²) in [6.07, 6.45) is 1.80. The lowest BCUT2D eigenvalue weighted by Crippen LogP contribution is -2.35. The molecule has 1 N–H and O–H groups in total. The molecule has 0 aromatic heterocycles. The minimum Gasteiger partial charge on any atom is -0.508 e. The lowest BCUT2D eigenvalue weighted by atomic mass is 10.0. The first-order valence-electron chi connectivity index (χ1n) is 7.18. The molecule has 1 atom stereocenters. The lowest BCUT2D eigenvalue weighted by molar-refractivity contribution is -0.109. The molecule has 2 aromatic rings. The van der Waals surface area contributed by atoms with Gasteiger partial charge in [0.05, 0.1) is 6.54 Å². The van der Waals surface area contributed by atoms with E-state index in [-0.39, 0.29) is 11.8 Å². The predicted molar refractivity (Wildman–Crippen MR) is 84.2 cm³/mol. The third-order valence-electron chi connectivity index (χ3n) is 3.63. The van der Waals surface area contributed by atoms with Crippen molar-refractivity contribution in [1.29, 1.82) is 0 Å². The molecule has 1 unspecified atom stereocenters. The molecule has 2 rings (SSSR count). The summed E-state index contributed by atoms with van der Waals surface area (Å²) in [4.78, 5) is 13.1. The van der Waals surface area contributed by atoms with Crippen LogP contribution in [0.4, 0.5) is 0 Å². The first-order valence-corrected chi connectivity index (χ1v) is 7.18. The first-order chi connectivity index (χ1) is 10.2. The Kier molecular flexibility index (Phi) is 5.52. The number of carbonyl (C=O) groups excluding carboxylic acids is 1. The number of nitrogens with zero attached hydrogens (tertiary/aromatic N) is 1. The zero-order valence-corrected chi connectivity index (χ0v) is 12.3. The molecule has 0 saturated carbocycles. The van der Waals surface area contributed by atoms with Gasteiger partial charge in [-0.05, 0) is 36.6 Å². The molecule has 110 valence electrons.